The number of hydrogen-bond acceptors (Lipinski definition) is 5. The number of pyridine rings is 1. The van der Waals surface area contributed by atoms with Crippen molar-refractivity contribution in [3.05, 3.63) is 41.5 Å². The van der Waals surface area contributed by atoms with E-state index in [1.807, 2.05) is 0 Å². The van der Waals surface area contributed by atoms with E-state index in [1.54, 1.807) is 32.2 Å². The van der Waals surface area contributed by atoms with Crippen molar-refractivity contribution in [1.82, 2.24) is 15.0 Å². The van der Waals surface area contributed by atoms with Gasteiger partial charge < -0.3 is 9.84 Å². The fourth-order valence-corrected chi connectivity index (χ4v) is 1.38. The molecule has 2 rings (SSSR count). The Bertz CT molecular complexity index is 599. The molecule has 18 heavy (non-hydrogen) atoms. The van der Waals surface area contributed by atoms with Gasteiger partial charge in [-0.2, -0.15) is 4.98 Å². The topological polar surface area (TPSA) is 85.2 Å². The summed E-state index contributed by atoms with van der Waals surface area (Å²) < 4.78 is 5.45. The van der Waals surface area contributed by atoms with E-state index >= 15 is 0 Å². The van der Waals surface area contributed by atoms with Gasteiger partial charge in [-0.3, -0.25) is 4.98 Å². The van der Waals surface area contributed by atoms with Crippen LogP contribution in [0.4, 0.5) is 0 Å². The first-order valence-electron chi connectivity index (χ1n) is 5.24. The maximum atomic E-state index is 10.8. The molecule has 0 atom stereocenters. The Morgan fingerprint density at radius 1 is 1.28 bits per heavy atom. The van der Waals surface area contributed by atoms with Gasteiger partial charge in [0.1, 0.15) is 0 Å². The lowest BCUT2D eigenvalue weighted by Gasteiger charge is -2.07. The zero-order valence-electron chi connectivity index (χ0n) is 9.91. The fourth-order valence-electron chi connectivity index (χ4n) is 1.38. The van der Waals surface area contributed by atoms with E-state index in [4.69, 9.17) is 9.84 Å². The van der Waals surface area contributed by atoms with Gasteiger partial charge in [0.05, 0.1) is 17.0 Å². The molecule has 2 aromatic rings. The Morgan fingerprint density at radius 2 is 2.06 bits per heavy atom. The highest BCUT2D eigenvalue weighted by atomic mass is 16.5. The minimum absolute atomic E-state index is 0.0604. The second kappa shape index (κ2) is 4.79. The molecular weight excluding hydrogens is 234 g/mol. The molecular formula is C12H11N3O3. The lowest BCUT2D eigenvalue weighted by atomic mass is 10.2. The highest BCUT2D eigenvalue weighted by molar-refractivity contribution is 5.88. The molecule has 0 fully saturated rings. The molecule has 1 N–H and O–H groups in total. The first-order valence-corrected chi connectivity index (χ1v) is 5.24. The van der Waals surface area contributed by atoms with Gasteiger partial charge in [-0.1, -0.05) is 0 Å². The van der Waals surface area contributed by atoms with Crippen LogP contribution in [-0.2, 0) is 0 Å². The van der Waals surface area contributed by atoms with Crippen LogP contribution in [0.2, 0.25) is 0 Å². The van der Waals surface area contributed by atoms with Gasteiger partial charge in [-0.05, 0) is 26.0 Å². The number of rotatable bonds is 3. The first-order chi connectivity index (χ1) is 8.58. The molecule has 2 heterocycles. The maximum absolute atomic E-state index is 10.8. The van der Waals surface area contributed by atoms with Crippen molar-refractivity contribution in [3.8, 4) is 11.8 Å². The summed E-state index contributed by atoms with van der Waals surface area (Å²) in [6.07, 6.45) is 2.88. The van der Waals surface area contributed by atoms with Crippen molar-refractivity contribution in [1.29, 1.82) is 0 Å². The van der Waals surface area contributed by atoms with E-state index in [9.17, 15) is 4.79 Å². The quantitative estimate of drug-likeness (QED) is 0.889. The number of ether oxygens (including phenoxy) is 1. The molecule has 0 aliphatic carbocycles. The normalized spacial score (nSPS) is 10.1. The van der Waals surface area contributed by atoms with Gasteiger partial charge in [0.2, 0.25) is 0 Å². The van der Waals surface area contributed by atoms with Crippen LogP contribution in [-0.4, -0.2) is 26.0 Å². The summed E-state index contributed by atoms with van der Waals surface area (Å²) in [5.74, 6) is -0.517. The van der Waals surface area contributed by atoms with Crippen LogP contribution in [0.5, 0.6) is 11.8 Å². The van der Waals surface area contributed by atoms with E-state index in [-0.39, 0.29) is 11.6 Å². The smallest absolute Gasteiger partial charge is 0.339 e. The van der Waals surface area contributed by atoms with Crippen LogP contribution in [0.25, 0.3) is 0 Å². The molecule has 6 heteroatoms. The van der Waals surface area contributed by atoms with Crippen molar-refractivity contribution in [3.63, 3.8) is 0 Å². The Morgan fingerprint density at radius 3 is 2.67 bits per heavy atom. The summed E-state index contributed by atoms with van der Waals surface area (Å²) in [6.45, 7) is 3.39. The molecule has 0 aliphatic rings. The standard InChI is InChI=1S/C12H11N3O3/c1-7-9(11(16)17)6-14-12(15-7)18-10-4-3-5-13-8(10)2/h3-6H,1-2H3,(H,16,17). The molecule has 92 valence electrons. The van der Waals surface area contributed by atoms with Crippen LogP contribution in [0.3, 0.4) is 0 Å². The molecule has 6 nitrogen and oxygen atoms in total. The van der Waals surface area contributed by atoms with Crippen LogP contribution >= 0.6 is 0 Å². The van der Waals surface area contributed by atoms with Crippen molar-refractivity contribution >= 4 is 5.97 Å². The average Bonchev–Trinajstić information content (AvgIpc) is 2.32. The van der Waals surface area contributed by atoms with Gasteiger partial charge in [0, 0.05) is 12.4 Å². The third-order valence-corrected chi connectivity index (χ3v) is 2.35. The van der Waals surface area contributed by atoms with Crippen molar-refractivity contribution in [2.24, 2.45) is 0 Å². The summed E-state index contributed by atoms with van der Waals surface area (Å²) in [7, 11) is 0. The third-order valence-electron chi connectivity index (χ3n) is 2.35. The molecule has 0 amide bonds. The van der Waals surface area contributed by atoms with Crippen molar-refractivity contribution < 1.29 is 14.6 Å². The molecule has 0 unspecified atom stereocenters. The fraction of sp³-hybridized carbons (Fsp3) is 0.167. The Hall–Kier alpha value is -2.50. The van der Waals surface area contributed by atoms with Gasteiger partial charge in [-0.15, -0.1) is 0 Å². The second-order valence-corrected chi connectivity index (χ2v) is 3.65. The van der Waals surface area contributed by atoms with Gasteiger partial charge in [0.25, 0.3) is 0 Å². The summed E-state index contributed by atoms with van der Waals surface area (Å²) in [6, 6.07) is 3.58. The highest BCUT2D eigenvalue weighted by Crippen LogP contribution is 2.20. The summed E-state index contributed by atoms with van der Waals surface area (Å²) in [5, 5.41) is 8.86. The Balaban J connectivity index is 2.29. The molecule has 2 aromatic heterocycles. The SMILES string of the molecule is Cc1ncccc1Oc1ncc(C(=O)O)c(C)n1. The molecule has 0 saturated heterocycles. The minimum Gasteiger partial charge on any atom is -0.478 e. The molecule has 0 saturated carbocycles. The zero-order chi connectivity index (χ0) is 13.1. The van der Waals surface area contributed by atoms with E-state index in [0.717, 1.165) is 0 Å². The van der Waals surface area contributed by atoms with E-state index < -0.39 is 5.97 Å². The summed E-state index contributed by atoms with van der Waals surface area (Å²) in [4.78, 5) is 22.7. The zero-order valence-corrected chi connectivity index (χ0v) is 9.91. The summed E-state index contributed by atoms with van der Waals surface area (Å²) in [5.41, 5.74) is 1.13. The van der Waals surface area contributed by atoms with Crippen molar-refractivity contribution in [2.45, 2.75) is 13.8 Å². The lowest BCUT2D eigenvalue weighted by Crippen LogP contribution is -2.04. The minimum atomic E-state index is -1.06. The van der Waals surface area contributed by atoms with E-state index in [2.05, 4.69) is 15.0 Å². The average molecular weight is 245 g/mol. The number of aromatic nitrogens is 3. The Labute approximate surface area is 103 Å². The third kappa shape index (κ3) is 2.42. The first kappa shape index (κ1) is 12.0. The van der Waals surface area contributed by atoms with Gasteiger partial charge in [0.15, 0.2) is 5.75 Å². The highest BCUT2D eigenvalue weighted by Gasteiger charge is 2.11. The monoisotopic (exact) mass is 245 g/mol. The summed E-state index contributed by atoms with van der Waals surface area (Å²) >= 11 is 0. The predicted octanol–water partition coefficient (Wildman–Crippen LogP) is 1.98. The van der Waals surface area contributed by atoms with Gasteiger partial charge in [-0.25, -0.2) is 9.78 Å². The van der Waals surface area contributed by atoms with Crippen LogP contribution in [0, 0.1) is 13.8 Å². The molecule has 0 radical (unpaired) electrons. The number of carbonyl (C=O) groups is 1. The van der Waals surface area contributed by atoms with Crippen molar-refractivity contribution in [2.75, 3.05) is 0 Å². The van der Waals surface area contributed by atoms with Gasteiger partial charge >= 0.3 is 12.0 Å². The number of carboxylic acids is 1. The number of carboxylic acid groups (broad SMARTS) is 1. The van der Waals surface area contributed by atoms with E-state index in [1.165, 1.54) is 6.20 Å². The lowest BCUT2D eigenvalue weighted by molar-refractivity contribution is 0.0695. The second-order valence-electron chi connectivity index (χ2n) is 3.65. The van der Waals surface area contributed by atoms with Crippen LogP contribution in [0.1, 0.15) is 21.7 Å². The molecule has 0 aromatic carbocycles. The number of nitrogens with zero attached hydrogens (tertiary/aromatic N) is 3. The van der Waals surface area contributed by atoms with E-state index in [0.29, 0.717) is 17.1 Å². The molecule has 0 aliphatic heterocycles. The number of hydrogen-bond donors (Lipinski definition) is 1. The van der Waals surface area contributed by atoms with Crippen LogP contribution in [0.15, 0.2) is 24.5 Å². The number of aromatic carboxylic acids is 1. The maximum Gasteiger partial charge on any atom is 0.339 e. The van der Waals surface area contributed by atoms with Crippen LogP contribution < -0.4 is 4.74 Å². The molecule has 0 spiro atoms. The predicted molar refractivity (Wildman–Crippen MR) is 62.8 cm³/mol. The largest absolute Gasteiger partial charge is 0.478 e. The number of aryl methyl sites for hydroxylation is 2. The Kier molecular flexibility index (Phi) is 3.18. The molecule has 0 bridgehead atoms.